The molecule has 1 fully saturated rings. The molecule has 88 valence electrons. The first-order chi connectivity index (χ1) is 7.27. The van der Waals surface area contributed by atoms with Crippen LogP contribution in [-0.2, 0) is 9.53 Å². The van der Waals surface area contributed by atoms with E-state index in [0.717, 1.165) is 12.8 Å². The van der Waals surface area contributed by atoms with Crippen molar-refractivity contribution in [1.29, 1.82) is 0 Å². The van der Waals surface area contributed by atoms with Crippen molar-refractivity contribution in [2.24, 2.45) is 5.92 Å². The quantitative estimate of drug-likeness (QED) is 0.711. The molecule has 0 saturated heterocycles. The first-order valence-electron chi connectivity index (χ1n) is 6.12. The molecule has 1 aliphatic rings. The molecule has 0 aromatic rings. The lowest BCUT2D eigenvalue weighted by Crippen LogP contribution is -2.30. The Morgan fingerprint density at radius 2 is 2.13 bits per heavy atom. The molecule has 2 atom stereocenters. The van der Waals surface area contributed by atoms with E-state index in [9.17, 15) is 4.79 Å². The fourth-order valence-electron chi connectivity index (χ4n) is 2.25. The molecular weight excluding hydrogens is 190 g/mol. The number of nitrogens with one attached hydrogen (secondary N) is 1. The molecule has 0 aliphatic heterocycles. The SMILES string of the molecule is CCC1CCCCC1OC(=O)CCNC. The van der Waals surface area contributed by atoms with Crippen LogP contribution in [0.25, 0.3) is 0 Å². The van der Waals surface area contributed by atoms with E-state index in [2.05, 4.69) is 12.2 Å². The monoisotopic (exact) mass is 213 g/mol. The summed E-state index contributed by atoms with van der Waals surface area (Å²) >= 11 is 0. The van der Waals surface area contributed by atoms with Crippen LogP contribution in [0.3, 0.4) is 0 Å². The zero-order valence-corrected chi connectivity index (χ0v) is 9.92. The average molecular weight is 213 g/mol. The van der Waals surface area contributed by atoms with Gasteiger partial charge in [-0.05, 0) is 38.6 Å². The summed E-state index contributed by atoms with van der Waals surface area (Å²) in [6.07, 6.45) is 6.59. The van der Waals surface area contributed by atoms with Crippen LogP contribution >= 0.6 is 0 Å². The summed E-state index contributed by atoms with van der Waals surface area (Å²) in [6.45, 7) is 2.90. The summed E-state index contributed by atoms with van der Waals surface area (Å²) in [5.41, 5.74) is 0. The Kier molecular flexibility index (Phi) is 5.69. The molecule has 0 amide bonds. The topological polar surface area (TPSA) is 38.3 Å². The molecule has 1 N–H and O–H groups in total. The van der Waals surface area contributed by atoms with Gasteiger partial charge in [0.15, 0.2) is 0 Å². The van der Waals surface area contributed by atoms with Crippen molar-refractivity contribution in [2.75, 3.05) is 13.6 Å². The van der Waals surface area contributed by atoms with Crippen molar-refractivity contribution in [3.8, 4) is 0 Å². The van der Waals surface area contributed by atoms with Gasteiger partial charge in [0.2, 0.25) is 0 Å². The van der Waals surface area contributed by atoms with Gasteiger partial charge in [-0.3, -0.25) is 4.79 Å². The largest absolute Gasteiger partial charge is 0.462 e. The standard InChI is InChI=1S/C12H23NO2/c1-3-10-6-4-5-7-11(10)15-12(14)8-9-13-2/h10-11,13H,3-9H2,1-2H3. The lowest BCUT2D eigenvalue weighted by Gasteiger charge is -2.30. The van der Waals surface area contributed by atoms with Crippen LogP contribution in [0.5, 0.6) is 0 Å². The number of ether oxygens (including phenoxy) is 1. The van der Waals surface area contributed by atoms with Crippen LogP contribution in [0.4, 0.5) is 0 Å². The maximum absolute atomic E-state index is 11.5. The molecule has 1 aliphatic carbocycles. The summed E-state index contributed by atoms with van der Waals surface area (Å²) < 4.78 is 5.52. The van der Waals surface area contributed by atoms with Gasteiger partial charge in [-0.1, -0.05) is 13.3 Å². The molecular formula is C12H23NO2. The lowest BCUT2D eigenvalue weighted by molar-refractivity contribution is -0.153. The fourth-order valence-corrected chi connectivity index (χ4v) is 2.25. The summed E-state index contributed by atoms with van der Waals surface area (Å²) in [5, 5.41) is 2.96. The highest BCUT2D eigenvalue weighted by atomic mass is 16.5. The van der Waals surface area contributed by atoms with Crippen LogP contribution in [0.1, 0.15) is 45.4 Å². The van der Waals surface area contributed by atoms with Gasteiger partial charge in [-0.2, -0.15) is 0 Å². The Morgan fingerprint density at radius 1 is 1.40 bits per heavy atom. The highest BCUT2D eigenvalue weighted by Crippen LogP contribution is 2.29. The predicted molar refractivity (Wildman–Crippen MR) is 60.7 cm³/mol. The molecule has 2 unspecified atom stereocenters. The smallest absolute Gasteiger partial charge is 0.307 e. The first kappa shape index (κ1) is 12.5. The van der Waals surface area contributed by atoms with E-state index in [1.165, 1.54) is 19.3 Å². The van der Waals surface area contributed by atoms with Crippen LogP contribution in [0, 0.1) is 5.92 Å². The second-order valence-electron chi connectivity index (χ2n) is 4.33. The Balaban J connectivity index is 2.30. The molecule has 0 radical (unpaired) electrons. The summed E-state index contributed by atoms with van der Waals surface area (Å²) in [5.74, 6) is 0.548. The van der Waals surface area contributed by atoms with E-state index in [4.69, 9.17) is 4.74 Å². The summed E-state index contributed by atoms with van der Waals surface area (Å²) in [6, 6.07) is 0. The van der Waals surface area contributed by atoms with Crippen molar-refractivity contribution in [1.82, 2.24) is 5.32 Å². The zero-order valence-electron chi connectivity index (χ0n) is 9.92. The minimum absolute atomic E-state index is 0.0466. The minimum atomic E-state index is -0.0466. The van der Waals surface area contributed by atoms with Crippen molar-refractivity contribution >= 4 is 5.97 Å². The van der Waals surface area contributed by atoms with E-state index in [0.29, 0.717) is 18.9 Å². The number of hydrogen-bond acceptors (Lipinski definition) is 3. The van der Waals surface area contributed by atoms with E-state index in [1.54, 1.807) is 0 Å². The van der Waals surface area contributed by atoms with E-state index in [-0.39, 0.29) is 12.1 Å². The molecule has 0 spiro atoms. The molecule has 0 aromatic carbocycles. The number of hydrogen-bond donors (Lipinski definition) is 1. The zero-order chi connectivity index (χ0) is 11.1. The summed E-state index contributed by atoms with van der Waals surface area (Å²) in [7, 11) is 1.85. The number of rotatable bonds is 5. The average Bonchev–Trinajstić information content (AvgIpc) is 2.27. The molecule has 1 rings (SSSR count). The van der Waals surface area contributed by atoms with Gasteiger partial charge in [0.1, 0.15) is 6.10 Å². The second kappa shape index (κ2) is 6.83. The molecule has 15 heavy (non-hydrogen) atoms. The maximum atomic E-state index is 11.5. The minimum Gasteiger partial charge on any atom is -0.462 e. The highest BCUT2D eigenvalue weighted by molar-refractivity contribution is 5.69. The maximum Gasteiger partial charge on any atom is 0.307 e. The molecule has 0 aromatic heterocycles. The molecule has 0 bridgehead atoms. The Labute approximate surface area is 92.6 Å². The third-order valence-corrected chi connectivity index (χ3v) is 3.23. The summed E-state index contributed by atoms with van der Waals surface area (Å²) in [4.78, 5) is 11.5. The third kappa shape index (κ3) is 4.20. The van der Waals surface area contributed by atoms with Crippen molar-refractivity contribution in [3.05, 3.63) is 0 Å². The third-order valence-electron chi connectivity index (χ3n) is 3.23. The molecule has 3 heteroatoms. The number of carbonyl (C=O) groups excluding carboxylic acids is 1. The van der Waals surface area contributed by atoms with E-state index >= 15 is 0 Å². The van der Waals surface area contributed by atoms with Gasteiger partial charge in [-0.25, -0.2) is 0 Å². The Morgan fingerprint density at radius 3 is 2.80 bits per heavy atom. The van der Waals surface area contributed by atoms with Gasteiger partial charge in [0.05, 0.1) is 6.42 Å². The number of carbonyl (C=O) groups is 1. The van der Waals surface area contributed by atoms with Crippen LogP contribution in [0.2, 0.25) is 0 Å². The first-order valence-corrected chi connectivity index (χ1v) is 6.12. The number of esters is 1. The predicted octanol–water partition coefficient (Wildman–Crippen LogP) is 2.11. The molecule has 3 nitrogen and oxygen atoms in total. The van der Waals surface area contributed by atoms with Crippen molar-refractivity contribution in [2.45, 2.75) is 51.6 Å². The molecule has 1 saturated carbocycles. The van der Waals surface area contributed by atoms with Gasteiger partial charge < -0.3 is 10.1 Å². The lowest BCUT2D eigenvalue weighted by atomic mass is 9.85. The van der Waals surface area contributed by atoms with Crippen molar-refractivity contribution in [3.63, 3.8) is 0 Å². The van der Waals surface area contributed by atoms with Gasteiger partial charge in [-0.15, -0.1) is 0 Å². The van der Waals surface area contributed by atoms with Gasteiger partial charge in [0, 0.05) is 6.54 Å². The van der Waals surface area contributed by atoms with Crippen LogP contribution in [0.15, 0.2) is 0 Å². The second-order valence-corrected chi connectivity index (χ2v) is 4.33. The normalized spacial score (nSPS) is 26.3. The van der Waals surface area contributed by atoms with Crippen molar-refractivity contribution < 1.29 is 9.53 Å². The van der Waals surface area contributed by atoms with Crippen LogP contribution < -0.4 is 5.32 Å². The Hall–Kier alpha value is -0.570. The highest BCUT2D eigenvalue weighted by Gasteiger charge is 2.26. The van der Waals surface area contributed by atoms with Gasteiger partial charge in [0.25, 0.3) is 0 Å². The molecule has 0 heterocycles. The fraction of sp³-hybridized carbons (Fsp3) is 0.917. The van der Waals surface area contributed by atoms with E-state index < -0.39 is 0 Å². The van der Waals surface area contributed by atoms with E-state index in [1.807, 2.05) is 7.05 Å². The Bertz CT molecular complexity index is 194. The van der Waals surface area contributed by atoms with Gasteiger partial charge >= 0.3 is 5.97 Å². The van der Waals surface area contributed by atoms with Crippen LogP contribution in [-0.4, -0.2) is 25.7 Å².